The van der Waals surface area contributed by atoms with Crippen LogP contribution in [-0.2, 0) is 4.79 Å². The third kappa shape index (κ3) is 3.25. The molecular formula is C16H13F3N4O2. The molecule has 4 N–H and O–H groups in total. The number of ether oxygens (including phenoxy) is 1. The molecule has 6 nitrogen and oxygen atoms in total. The molecule has 1 unspecified atom stereocenters. The van der Waals surface area contributed by atoms with Crippen LogP contribution in [0.1, 0.15) is 17.5 Å². The summed E-state index contributed by atoms with van der Waals surface area (Å²) in [5.74, 6) is -1.80. The summed E-state index contributed by atoms with van der Waals surface area (Å²) < 4.78 is 45.4. The summed E-state index contributed by atoms with van der Waals surface area (Å²) in [4.78, 5) is 19.3. The van der Waals surface area contributed by atoms with Gasteiger partial charge < -0.3 is 16.2 Å². The SMILES string of the molecule is NC(N)=NC(=O)C1=Cc2cccc(C3=NC=CC3)c2OC1C(F)(F)F. The predicted molar refractivity (Wildman–Crippen MR) is 86.0 cm³/mol. The molecule has 2 heterocycles. The van der Waals surface area contributed by atoms with Crippen molar-refractivity contribution in [3.8, 4) is 5.75 Å². The van der Waals surface area contributed by atoms with E-state index in [0.717, 1.165) is 6.08 Å². The molecule has 0 spiro atoms. The van der Waals surface area contributed by atoms with E-state index in [9.17, 15) is 18.0 Å². The van der Waals surface area contributed by atoms with E-state index in [4.69, 9.17) is 16.2 Å². The van der Waals surface area contributed by atoms with E-state index in [1.807, 2.05) is 0 Å². The quantitative estimate of drug-likeness (QED) is 0.628. The highest BCUT2D eigenvalue weighted by Gasteiger charge is 2.48. The lowest BCUT2D eigenvalue weighted by Crippen LogP contribution is -2.41. The number of amides is 1. The molecule has 0 aromatic heterocycles. The number of halogens is 3. The van der Waals surface area contributed by atoms with Gasteiger partial charge >= 0.3 is 6.18 Å². The van der Waals surface area contributed by atoms with Crippen LogP contribution in [0.3, 0.4) is 0 Å². The van der Waals surface area contributed by atoms with Crippen molar-refractivity contribution in [2.45, 2.75) is 18.7 Å². The number of nitrogens with zero attached hydrogens (tertiary/aromatic N) is 2. The highest BCUT2D eigenvalue weighted by atomic mass is 19.4. The van der Waals surface area contributed by atoms with Gasteiger partial charge in [0.2, 0.25) is 6.10 Å². The van der Waals surface area contributed by atoms with Gasteiger partial charge in [-0.2, -0.15) is 18.2 Å². The minimum atomic E-state index is -4.82. The molecule has 0 radical (unpaired) electrons. The molecule has 9 heteroatoms. The number of aliphatic imine (C=N–C) groups is 2. The maximum absolute atomic E-state index is 13.4. The Morgan fingerprint density at radius 1 is 1.32 bits per heavy atom. The number of hydrogen-bond acceptors (Lipinski definition) is 3. The molecule has 1 amide bonds. The van der Waals surface area contributed by atoms with Crippen LogP contribution in [0.25, 0.3) is 6.08 Å². The largest absolute Gasteiger partial charge is 0.475 e. The number of benzene rings is 1. The van der Waals surface area contributed by atoms with Gasteiger partial charge in [-0.15, -0.1) is 0 Å². The van der Waals surface area contributed by atoms with Crippen LogP contribution in [0.4, 0.5) is 13.2 Å². The molecule has 2 aliphatic rings. The minimum absolute atomic E-state index is 0.0218. The van der Waals surface area contributed by atoms with Crippen molar-refractivity contribution in [3.05, 3.63) is 47.2 Å². The van der Waals surface area contributed by atoms with Crippen molar-refractivity contribution in [2.75, 3.05) is 0 Å². The van der Waals surface area contributed by atoms with Crippen molar-refractivity contribution in [1.29, 1.82) is 0 Å². The number of rotatable bonds is 2. The zero-order valence-corrected chi connectivity index (χ0v) is 12.7. The highest BCUT2D eigenvalue weighted by Crippen LogP contribution is 2.40. The number of guanidine groups is 1. The van der Waals surface area contributed by atoms with Crippen LogP contribution in [0, 0.1) is 0 Å². The van der Waals surface area contributed by atoms with Gasteiger partial charge in [0, 0.05) is 23.7 Å². The highest BCUT2D eigenvalue weighted by molar-refractivity contribution is 6.08. The first kappa shape index (κ1) is 16.7. The second-order valence-corrected chi connectivity index (χ2v) is 5.37. The van der Waals surface area contributed by atoms with E-state index < -0.39 is 29.7 Å². The Hall–Kier alpha value is -3.10. The Morgan fingerprint density at radius 3 is 2.68 bits per heavy atom. The van der Waals surface area contributed by atoms with Crippen molar-refractivity contribution in [1.82, 2.24) is 0 Å². The number of carbonyl (C=O) groups excluding carboxylic acids is 1. The van der Waals surface area contributed by atoms with E-state index in [1.165, 1.54) is 6.07 Å². The first-order chi connectivity index (χ1) is 11.8. The summed E-state index contributed by atoms with van der Waals surface area (Å²) in [6.07, 6.45) is -2.35. The Kier molecular flexibility index (Phi) is 4.07. The lowest BCUT2D eigenvalue weighted by Gasteiger charge is -2.28. The molecule has 1 aromatic carbocycles. The van der Waals surface area contributed by atoms with Crippen LogP contribution in [0.2, 0.25) is 0 Å². The molecule has 0 saturated carbocycles. The smallest absolute Gasteiger partial charge is 0.429 e. The molecule has 0 saturated heterocycles. The number of fused-ring (bicyclic) bond motifs is 1. The Morgan fingerprint density at radius 2 is 2.08 bits per heavy atom. The van der Waals surface area contributed by atoms with Crippen LogP contribution in [-0.4, -0.2) is 29.9 Å². The second kappa shape index (κ2) is 6.08. The molecule has 0 fully saturated rings. The summed E-state index contributed by atoms with van der Waals surface area (Å²) in [5.41, 5.74) is 10.9. The van der Waals surface area contributed by atoms with Crippen LogP contribution in [0.5, 0.6) is 5.75 Å². The van der Waals surface area contributed by atoms with E-state index in [-0.39, 0.29) is 5.75 Å². The fourth-order valence-electron chi connectivity index (χ4n) is 2.59. The Balaban J connectivity index is 2.12. The first-order valence-electron chi connectivity index (χ1n) is 7.21. The van der Waals surface area contributed by atoms with Crippen LogP contribution < -0.4 is 16.2 Å². The average molecular weight is 350 g/mol. The number of hydrogen-bond donors (Lipinski definition) is 2. The van der Waals surface area contributed by atoms with E-state index in [0.29, 0.717) is 23.3 Å². The normalized spacial score (nSPS) is 18.8. The molecule has 0 bridgehead atoms. The van der Waals surface area contributed by atoms with Gasteiger partial charge in [0.25, 0.3) is 5.91 Å². The minimum Gasteiger partial charge on any atom is -0.475 e. The topological polar surface area (TPSA) is 103 Å². The summed E-state index contributed by atoms with van der Waals surface area (Å²) in [5, 5.41) is 0. The summed E-state index contributed by atoms with van der Waals surface area (Å²) in [6.45, 7) is 0. The number of nitrogens with two attached hydrogens (primary N) is 2. The van der Waals surface area contributed by atoms with Gasteiger partial charge in [0.05, 0.1) is 11.3 Å². The molecule has 2 aliphatic heterocycles. The van der Waals surface area contributed by atoms with Crippen LogP contribution in [0.15, 0.2) is 46.0 Å². The van der Waals surface area contributed by atoms with Crippen molar-refractivity contribution in [2.24, 2.45) is 21.5 Å². The summed E-state index contributed by atoms with van der Waals surface area (Å²) >= 11 is 0. The third-order valence-corrected chi connectivity index (χ3v) is 3.61. The average Bonchev–Trinajstić information content (AvgIpc) is 3.05. The predicted octanol–water partition coefficient (Wildman–Crippen LogP) is 1.90. The summed E-state index contributed by atoms with van der Waals surface area (Å²) in [6, 6.07) is 4.80. The standard InChI is InChI=1S/C16H13F3N4O2/c17-16(18,19)13-10(14(24)23-15(20)21)7-8-3-1-4-9(12(8)25-13)11-5-2-6-22-11/h1-4,6-7,13H,5H2,(H4,20,21,23,24). The molecule has 1 atom stereocenters. The monoisotopic (exact) mass is 350 g/mol. The van der Waals surface area contributed by atoms with Gasteiger partial charge in [0.1, 0.15) is 5.75 Å². The molecule has 25 heavy (non-hydrogen) atoms. The van der Waals surface area contributed by atoms with E-state index in [1.54, 1.807) is 24.4 Å². The number of carbonyl (C=O) groups is 1. The van der Waals surface area contributed by atoms with Crippen LogP contribution >= 0.6 is 0 Å². The molecular weight excluding hydrogens is 337 g/mol. The Labute approximate surface area is 140 Å². The fourth-order valence-corrected chi connectivity index (χ4v) is 2.59. The molecule has 0 aliphatic carbocycles. The maximum atomic E-state index is 13.4. The van der Waals surface area contributed by atoms with Crippen molar-refractivity contribution in [3.63, 3.8) is 0 Å². The number of para-hydroxylation sites is 1. The lowest BCUT2D eigenvalue weighted by atomic mass is 9.96. The zero-order chi connectivity index (χ0) is 18.2. The van der Waals surface area contributed by atoms with Gasteiger partial charge in [-0.05, 0) is 12.1 Å². The number of alkyl halides is 3. The van der Waals surface area contributed by atoms with Crippen molar-refractivity contribution < 1.29 is 22.7 Å². The first-order valence-corrected chi connectivity index (χ1v) is 7.21. The molecule has 1 aromatic rings. The van der Waals surface area contributed by atoms with Gasteiger partial charge in [-0.3, -0.25) is 9.79 Å². The number of allylic oxidation sites excluding steroid dienone is 1. The maximum Gasteiger partial charge on any atom is 0.429 e. The zero-order valence-electron chi connectivity index (χ0n) is 12.7. The second-order valence-electron chi connectivity index (χ2n) is 5.37. The van der Waals surface area contributed by atoms with Crippen molar-refractivity contribution >= 4 is 23.7 Å². The Bertz CT molecular complexity index is 849. The molecule has 130 valence electrons. The fraction of sp³-hybridized carbons (Fsp3) is 0.188. The van der Waals surface area contributed by atoms with E-state index >= 15 is 0 Å². The third-order valence-electron chi connectivity index (χ3n) is 3.61. The van der Waals surface area contributed by atoms with Gasteiger partial charge in [0.15, 0.2) is 5.96 Å². The van der Waals surface area contributed by atoms with Gasteiger partial charge in [-0.25, -0.2) is 0 Å². The van der Waals surface area contributed by atoms with Gasteiger partial charge in [-0.1, -0.05) is 18.2 Å². The lowest BCUT2D eigenvalue weighted by molar-refractivity contribution is -0.185. The molecule has 3 rings (SSSR count). The summed E-state index contributed by atoms with van der Waals surface area (Å²) in [7, 11) is 0. The van der Waals surface area contributed by atoms with E-state index in [2.05, 4.69) is 9.98 Å².